The van der Waals surface area contributed by atoms with Crippen LogP contribution in [-0.4, -0.2) is 15.8 Å². The Morgan fingerprint density at radius 3 is 2.89 bits per heavy atom. The van der Waals surface area contributed by atoms with Crippen molar-refractivity contribution in [1.29, 1.82) is 0 Å². The predicted octanol–water partition coefficient (Wildman–Crippen LogP) is 2.72. The number of benzene rings is 1. The van der Waals surface area contributed by atoms with Crippen LogP contribution in [0.15, 0.2) is 30.5 Å². The number of nitrogens with zero attached hydrogens (tertiary/aromatic N) is 2. The molecule has 0 saturated carbocycles. The van der Waals surface area contributed by atoms with Gasteiger partial charge in [-0.25, -0.2) is 4.39 Å². The molecule has 1 aromatic carbocycles. The average Bonchev–Trinajstić information content (AvgIpc) is 2.78. The molecule has 0 aliphatic heterocycles. The van der Waals surface area contributed by atoms with Crippen LogP contribution in [0.5, 0.6) is 0 Å². The summed E-state index contributed by atoms with van der Waals surface area (Å²) in [6, 6.07) is 6.89. The van der Waals surface area contributed by atoms with Gasteiger partial charge < -0.3 is 5.73 Å². The number of hydrogen-bond donors (Lipinski definition) is 1. The zero-order valence-corrected chi connectivity index (χ0v) is 11.6. The fourth-order valence-corrected chi connectivity index (χ4v) is 2.26. The van der Waals surface area contributed by atoms with Crippen LogP contribution >= 0.6 is 11.6 Å². The molecule has 1 aromatic heterocycles. The molecule has 102 valence electrons. The van der Waals surface area contributed by atoms with Gasteiger partial charge in [-0.3, -0.25) is 4.68 Å². The van der Waals surface area contributed by atoms with Crippen molar-refractivity contribution in [3.05, 3.63) is 52.6 Å². The van der Waals surface area contributed by atoms with Crippen LogP contribution in [0.25, 0.3) is 0 Å². The average molecular weight is 282 g/mol. The van der Waals surface area contributed by atoms with Gasteiger partial charge in [0.1, 0.15) is 5.82 Å². The van der Waals surface area contributed by atoms with Crippen molar-refractivity contribution >= 4 is 11.6 Å². The maximum absolute atomic E-state index is 13.7. The summed E-state index contributed by atoms with van der Waals surface area (Å²) in [7, 11) is 1.90. The van der Waals surface area contributed by atoms with Gasteiger partial charge in [0.05, 0.1) is 5.02 Å². The standard InChI is InChI=1S/C14H17ClFN3/c1-19-12(7-8-18-19)6-5-11(17)9-10-3-2-4-13(15)14(10)16/h2-4,7-8,11H,5-6,9,17H2,1H3. The molecule has 0 spiro atoms. The van der Waals surface area contributed by atoms with Crippen LogP contribution in [0.4, 0.5) is 4.39 Å². The van der Waals surface area contributed by atoms with Gasteiger partial charge in [0.25, 0.3) is 0 Å². The van der Waals surface area contributed by atoms with Gasteiger partial charge in [-0.2, -0.15) is 5.10 Å². The van der Waals surface area contributed by atoms with Crippen molar-refractivity contribution in [3.63, 3.8) is 0 Å². The Labute approximate surface area is 117 Å². The van der Waals surface area contributed by atoms with E-state index in [0.717, 1.165) is 18.5 Å². The largest absolute Gasteiger partial charge is 0.327 e. The lowest BCUT2D eigenvalue weighted by Gasteiger charge is -2.12. The second-order valence-electron chi connectivity index (χ2n) is 4.66. The monoisotopic (exact) mass is 281 g/mol. The summed E-state index contributed by atoms with van der Waals surface area (Å²) in [5, 5.41) is 4.25. The van der Waals surface area contributed by atoms with Gasteiger partial charge in [0.15, 0.2) is 0 Å². The molecule has 5 heteroatoms. The third kappa shape index (κ3) is 3.55. The number of rotatable bonds is 5. The molecular formula is C14H17ClFN3. The summed E-state index contributed by atoms with van der Waals surface area (Å²) in [6.07, 6.45) is 3.87. The van der Waals surface area contributed by atoms with Crippen LogP contribution in [0.3, 0.4) is 0 Å². The molecule has 3 nitrogen and oxygen atoms in total. The number of halogens is 2. The topological polar surface area (TPSA) is 43.8 Å². The lowest BCUT2D eigenvalue weighted by atomic mass is 10.0. The molecule has 2 N–H and O–H groups in total. The fourth-order valence-electron chi connectivity index (χ4n) is 2.07. The molecule has 1 unspecified atom stereocenters. The van der Waals surface area contributed by atoms with Crippen molar-refractivity contribution < 1.29 is 4.39 Å². The van der Waals surface area contributed by atoms with Gasteiger partial charge in [-0.05, 0) is 37.0 Å². The Kier molecular flexibility index (Phi) is 4.56. The van der Waals surface area contributed by atoms with Crippen molar-refractivity contribution in [3.8, 4) is 0 Å². The first kappa shape index (κ1) is 14.0. The number of aryl methyl sites for hydroxylation is 2. The Morgan fingerprint density at radius 2 is 2.21 bits per heavy atom. The first-order chi connectivity index (χ1) is 9.08. The highest BCUT2D eigenvalue weighted by molar-refractivity contribution is 6.30. The quantitative estimate of drug-likeness (QED) is 0.916. The highest BCUT2D eigenvalue weighted by Crippen LogP contribution is 2.19. The van der Waals surface area contributed by atoms with Crippen molar-refractivity contribution in [2.24, 2.45) is 12.8 Å². The van der Waals surface area contributed by atoms with Gasteiger partial charge in [0, 0.05) is 25.0 Å². The molecule has 0 aliphatic carbocycles. The summed E-state index contributed by atoms with van der Waals surface area (Å²) < 4.78 is 15.6. The minimum atomic E-state index is -0.361. The highest BCUT2D eigenvalue weighted by atomic mass is 35.5. The van der Waals surface area contributed by atoms with E-state index in [2.05, 4.69) is 5.10 Å². The molecule has 0 saturated heterocycles. The highest BCUT2D eigenvalue weighted by Gasteiger charge is 2.11. The van der Waals surface area contributed by atoms with E-state index >= 15 is 0 Å². The van der Waals surface area contributed by atoms with E-state index in [9.17, 15) is 4.39 Å². The van der Waals surface area contributed by atoms with Crippen molar-refractivity contribution in [2.75, 3.05) is 0 Å². The molecule has 2 aromatic rings. The van der Waals surface area contributed by atoms with Crippen molar-refractivity contribution in [1.82, 2.24) is 9.78 Å². The normalized spacial score (nSPS) is 12.6. The number of nitrogens with two attached hydrogens (primary N) is 1. The minimum Gasteiger partial charge on any atom is -0.327 e. The maximum atomic E-state index is 13.7. The maximum Gasteiger partial charge on any atom is 0.145 e. The molecule has 0 bridgehead atoms. The third-order valence-electron chi connectivity index (χ3n) is 3.21. The van der Waals surface area contributed by atoms with Gasteiger partial charge in [0.2, 0.25) is 0 Å². The van der Waals surface area contributed by atoms with E-state index in [1.807, 2.05) is 17.8 Å². The smallest absolute Gasteiger partial charge is 0.145 e. The summed E-state index contributed by atoms with van der Waals surface area (Å²) in [6.45, 7) is 0. The second-order valence-corrected chi connectivity index (χ2v) is 5.07. The van der Waals surface area contributed by atoms with E-state index in [1.54, 1.807) is 24.4 Å². The fraction of sp³-hybridized carbons (Fsp3) is 0.357. The number of aromatic nitrogens is 2. The Bertz CT molecular complexity index is 553. The van der Waals surface area contributed by atoms with E-state index in [1.165, 1.54) is 0 Å². The molecule has 0 radical (unpaired) electrons. The molecule has 19 heavy (non-hydrogen) atoms. The lowest BCUT2D eigenvalue weighted by Crippen LogP contribution is -2.24. The zero-order valence-electron chi connectivity index (χ0n) is 10.8. The molecule has 0 fully saturated rings. The van der Waals surface area contributed by atoms with Gasteiger partial charge >= 0.3 is 0 Å². The molecule has 1 heterocycles. The predicted molar refractivity (Wildman–Crippen MR) is 74.6 cm³/mol. The number of hydrogen-bond acceptors (Lipinski definition) is 2. The van der Waals surface area contributed by atoms with Crippen molar-refractivity contribution in [2.45, 2.75) is 25.3 Å². The van der Waals surface area contributed by atoms with E-state index in [0.29, 0.717) is 12.0 Å². The van der Waals surface area contributed by atoms with Crippen LogP contribution in [0.2, 0.25) is 5.02 Å². The van der Waals surface area contributed by atoms with Crippen LogP contribution in [-0.2, 0) is 19.9 Å². The molecule has 0 amide bonds. The molecule has 0 aliphatic rings. The van der Waals surface area contributed by atoms with Crippen LogP contribution in [0, 0.1) is 5.82 Å². The summed E-state index contributed by atoms with van der Waals surface area (Å²) in [4.78, 5) is 0. The van der Waals surface area contributed by atoms with Gasteiger partial charge in [-0.15, -0.1) is 0 Å². The first-order valence-corrected chi connectivity index (χ1v) is 6.61. The molecule has 2 rings (SSSR count). The summed E-state index contributed by atoms with van der Waals surface area (Å²) in [5.41, 5.74) is 7.75. The molecular weight excluding hydrogens is 265 g/mol. The summed E-state index contributed by atoms with van der Waals surface area (Å²) in [5.74, 6) is -0.361. The SMILES string of the molecule is Cn1nccc1CCC(N)Cc1cccc(Cl)c1F. The minimum absolute atomic E-state index is 0.0946. The van der Waals surface area contributed by atoms with E-state index < -0.39 is 0 Å². The Hall–Kier alpha value is -1.39. The lowest BCUT2D eigenvalue weighted by molar-refractivity contribution is 0.557. The van der Waals surface area contributed by atoms with Gasteiger partial charge in [-0.1, -0.05) is 23.7 Å². The van der Waals surface area contributed by atoms with E-state index in [4.69, 9.17) is 17.3 Å². The zero-order chi connectivity index (χ0) is 13.8. The second kappa shape index (κ2) is 6.17. The Morgan fingerprint density at radius 1 is 1.42 bits per heavy atom. The Balaban J connectivity index is 1.92. The van der Waals surface area contributed by atoms with Crippen LogP contribution < -0.4 is 5.73 Å². The first-order valence-electron chi connectivity index (χ1n) is 6.23. The molecule has 1 atom stereocenters. The van der Waals surface area contributed by atoms with Crippen LogP contribution in [0.1, 0.15) is 17.7 Å². The third-order valence-corrected chi connectivity index (χ3v) is 3.50. The summed E-state index contributed by atoms with van der Waals surface area (Å²) >= 11 is 5.75. The van der Waals surface area contributed by atoms with E-state index in [-0.39, 0.29) is 16.9 Å².